The molecule has 1 atom stereocenters. The van der Waals surface area contributed by atoms with Crippen molar-refractivity contribution in [3.05, 3.63) is 29.8 Å². The summed E-state index contributed by atoms with van der Waals surface area (Å²) in [6, 6.07) is 6.11. The van der Waals surface area contributed by atoms with Gasteiger partial charge in [0.25, 0.3) is 5.91 Å². The van der Waals surface area contributed by atoms with E-state index in [1.807, 2.05) is 19.1 Å². The Morgan fingerprint density at radius 3 is 2.63 bits per heavy atom. The zero-order valence-electron chi connectivity index (χ0n) is 10.6. The number of amides is 1. The Labute approximate surface area is 111 Å². The number of aliphatic hydroxyl groups is 1. The SMILES string of the molecule is Cc1ccccc1OCC(=O)N[C@@H](CCO)C(=O)O. The van der Waals surface area contributed by atoms with Crippen LogP contribution in [0, 0.1) is 6.92 Å². The van der Waals surface area contributed by atoms with Crippen LogP contribution in [0.3, 0.4) is 0 Å². The van der Waals surface area contributed by atoms with Gasteiger partial charge in [-0.3, -0.25) is 4.79 Å². The minimum atomic E-state index is -1.18. The fourth-order valence-corrected chi connectivity index (χ4v) is 1.48. The summed E-state index contributed by atoms with van der Waals surface area (Å²) in [7, 11) is 0. The molecule has 3 N–H and O–H groups in total. The van der Waals surface area contributed by atoms with Gasteiger partial charge in [0, 0.05) is 13.0 Å². The van der Waals surface area contributed by atoms with Crippen LogP contribution in [0.2, 0.25) is 0 Å². The van der Waals surface area contributed by atoms with Gasteiger partial charge >= 0.3 is 5.97 Å². The van der Waals surface area contributed by atoms with Crippen molar-refractivity contribution in [2.24, 2.45) is 0 Å². The van der Waals surface area contributed by atoms with E-state index in [9.17, 15) is 9.59 Å². The van der Waals surface area contributed by atoms with E-state index in [-0.39, 0.29) is 19.6 Å². The first-order valence-corrected chi connectivity index (χ1v) is 5.86. The van der Waals surface area contributed by atoms with Crippen LogP contribution in [-0.4, -0.2) is 41.3 Å². The second kappa shape index (κ2) is 7.38. The first kappa shape index (κ1) is 15.0. The van der Waals surface area contributed by atoms with Crippen LogP contribution in [0.4, 0.5) is 0 Å². The fraction of sp³-hybridized carbons (Fsp3) is 0.385. The first-order chi connectivity index (χ1) is 9.04. The fourth-order valence-electron chi connectivity index (χ4n) is 1.48. The van der Waals surface area contributed by atoms with Gasteiger partial charge in [0.2, 0.25) is 0 Å². The number of ether oxygens (including phenoxy) is 1. The van der Waals surface area contributed by atoms with Crippen molar-refractivity contribution in [2.45, 2.75) is 19.4 Å². The van der Waals surface area contributed by atoms with Crippen molar-refractivity contribution in [3.63, 3.8) is 0 Å². The topological polar surface area (TPSA) is 95.9 Å². The maximum Gasteiger partial charge on any atom is 0.326 e. The molecular formula is C13H17NO5. The van der Waals surface area contributed by atoms with Crippen LogP contribution >= 0.6 is 0 Å². The molecule has 1 aromatic rings. The lowest BCUT2D eigenvalue weighted by Crippen LogP contribution is -2.43. The molecule has 0 saturated carbocycles. The highest BCUT2D eigenvalue weighted by Crippen LogP contribution is 2.15. The lowest BCUT2D eigenvalue weighted by Gasteiger charge is -2.14. The molecule has 6 nitrogen and oxygen atoms in total. The van der Waals surface area contributed by atoms with Crippen molar-refractivity contribution in [1.29, 1.82) is 0 Å². The molecule has 1 amide bonds. The highest BCUT2D eigenvalue weighted by Gasteiger charge is 2.19. The van der Waals surface area contributed by atoms with Gasteiger partial charge in [-0.2, -0.15) is 0 Å². The molecular weight excluding hydrogens is 250 g/mol. The van der Waals surface area contributed by atoms with Gasteiger partial charge in [-0.05, 0) is 18.6 Å². The number of carboxylic acids is 1. The lowest BCUT2D eigenvalue weighted by atomic mass is 10.2. The van der Waals surface area contributed by atoms with Crippen LogP contribution in [0.25, 0.3) is 0 Å². The number of aliphatic carboxylic acids is 1. The third-order valence-corrected chi connectivity index (χ3v) is 2.50. The molecule has 0 aliphatic heterocycles. The average Bonchev–Trinajstić information content (AvgIpc) is 2.37. The number of benzene rings is 1. The summed E-state index contributed by atoms with van der Waals surface area (Å²) in [5.41, 5.74) is 0.889. The number of carbonyl (C=O) groups is 2. The number of para-hydroxylation sites is 1. The van der Waals surface area contributed by atoms with Gasteiger partial charge in [0.05, 0.1) is 0 Å². The monoisotopic (exact) mass is 267 g/mol. The molecule has 0 unspecified atom stereocenters. The quantitative estimate of drug-likeness (QED) is 0.661. The zero-order chi connectivity index (χ0) is 14.3. The van der Waals surface area contributed by atoms with E-state index in [0.717, 1.165) is 5.56 Å². The number of hydrogen-bond acceptors (Lipinski definition) is 4. The molecule has 0 spiro atoms. The van der Waals surface area contributed by atoms with E-state index >= 15 is 0 Å². The van der Waals surface area contributed by atoms with E-state index < -0.39 is 17.9 Å². The van der Waals surface area contributed by atoms with Gasteiger partial charge in [-0.1, -0.05) is 18.2 Å². The van der Waals surface area contributed by atoms with Gasteiger partial charge in [0.1, 0.15) is 11.8 Å². The highest BCUT2D eigenvalue weighted by atomic mass is 16.5. The van der Waals surface area contributed by atoms with Crippen molar-refractivity contribution >= 4 is 11.9 Å². The standard InChI is InChI=1S/C13H17NO5/c1-9-4-2-3-5-11(9)19-8-12(16)14-10(6-7-15)13(17)18/h2-5,10,15H,6-8H2,1H3,(H,14,16)(H,17,18)/t10-/m0/s1. The van der Waals surface area contributed by atoms with Crippen LogP contribution in [0.1, 0.15) is 12.0 Å². The molecule has 0 fully saturated rings. The summed E-state index contributed by atoms with van der Waals surface area (Å²) in [6.45, 7) is 1.27. The Morgan fingerprint density at radius 2 is 2.05 bits per heavy atom. The Kier molecular flexibility index (Phi) is 5.81. The van der Waals surface area contributed by atoms with Crippen LogP contribution in [0.15, 0.2) is 24.3 Å². The smallest absolute Gasteiger partial charge is 0.326 e. The molecule has 104 valence electrons. The van der Waals surface area contributed by atoms with Gasteiger partial charge < -0.3 is 20.3 Å². The second-order valence-corrected chi connectivity index (χ2v) is 4.02. The average molecular weight is 267 g/mol. The molecule has 1 rings (SSSR count). The molecule has 0 aliphatic carbocycles. The number of carboxylic acid groups (broad SMARTS) is 1. The van der Waals surface area contributed by atoms with Crippen molar-refractivity contribution in [2.75, 3.05) is 13.2 Å². The van der Waals surface area contributed by atoms with Gasteiger partial charge in [-0.25, -0.2) is 4.79 Å². The molecule has 6 heteroatoms. The summed E-state index contributed by atoms with van der Waals surface area (Å²) in [5.74, 6) is -1.14. The Balaban J connectivity index is 2.47. The van der Waals surface area contributed by atoms with Crippen LogP contribution in [-0.2, 0) is 9.59 Å². The third-order valence-electron chi connectivity index (χ3n) is 2.50. The minimum absolute atomic E-state index is 0.0363. The van der Waals surface area contributed by atoms with Crippen molar-refractivity contribution in [1.82, 2.24) is 5.32 Å². The molecule has 0 bridgehead atoms. The Morgan fingerprint density at radius 1 is 1.37 bits per heavy atom. The van der Waals surface area contributed by atoms with Crippen molar-refractivity contribution < 1.29 is 24.5 Å². The van der Waals surface area contributed by atoms with Crippen LogP contribution in [0.5, 0.6) is 5.75 Å². The molecule has 0 saturated heterocycles. The van der Waals surface area contributed by atoms with Gasteiger partial charge in [0.15, 0.2) is 6.61 Å². The molecule has 0 aliphatic rings. The molecule has 1 aromatic carbocycles. The minimum Gasteiger partial charge on any atom is -0.484 e. The lowest BCUT2D eigenvalue weighted by molar-refractivity contribution is -0.142. The summed E-state index contributed by atoms with van der Waals surface area (Å²) >= 11 is 0. The maximum atomic E-state index is 11.5. The van der Waals surface area contributed by atoms with E-state index in [2.05, 4.69) is 5.32 Å². The van der Waals surface area contributed by atoms with Gasteiger partial charge in [-0.15, -0.1) is 0 Å². The molecule has 0 heterocycles. The first-order valence-electron chi connectivity index (χ1n) is 5.86. The Bertz CT molecular complexity index is 446. The van der Waals surface area contributed by atoms with E-state index in [0.29, 0.717) is 5.75 Å². The summed E-state index contributed by atoms with van der Waals surface area (Å²) in [5, 5.41) is 19.8. The summed E-state index contributed by atoms with van der Waals surface area (Å²) in [4.78, 5) is 22.3. The highest BCUT2D eigenvalue weighted by molar-refractivity contribution is 5.84. The number of nitrogens with one attached hydrogen (secondary N) is 1. The van der Waals surface area contributed by atoms with Crippen molar-refractivity contribution in [3.8, 4) is 5.75 Å². The van der Waals surface area contributed by atoms with E-state index in [4.69, 9.17) is 14.9 Å². The summed E-state index contributed by atoms with van der Waals surface area (Å²) < 4.78 is 5.29. The zero-order valence-corrected chi connectivity index (χ0v) is 10.6. The van der Waals surface area contributed by atoms with E-state index in [1.54, 1.807) is 12.1 Å². The number of rotatable bonds is 7. The molecule has 0 radical (unpaired) electrons. The third kappa shape index (κ3) is 4.97. The molecule has 0 aromatic heterocycles. The second-order valence-electron chi connectivity index (χ2n) is 4.02. The number of hydrogen-bond donors (Lipinski definition) is 3. The largest absolute Gasteiger partial charge is 0.484 e. The Hall–Kier alpha value is -2.08. The number of aryl methyl sites for hydroxylation is 1. The maximum absolute atomic E-state index is 11.5. The number of aliphatic hydroxyl groups excluding tert-OH is 1. The molecule has 19 heavy (non-hydrogen) atoms. The number of carbonyl (C=O) groups excluding carboxylic acids is 1. The predicted molar refractivity (Wildman–Crippen MR) is 67.9 cm³/mol. The predicted octanol–water partition coefficient (Wildman–Crippen LogP) is 0.326. The summed E-state index contributed by atoms with van der Waals surface area (Å²) in [6.07, 6.45) is -0.0363. The normalized spacial score (nSPS) is 11.7. The van der Waals surface area contributed by atoms with Crippen LogP contribution < -0.4 is 10.1 Å². The van der Waals surface area contributed by atoms with E-state index in [1.165, 1.54) is 0 Å².